The highest BCUT2D eigenvalue weighted by atomic mass is 15.1. The molecule has 1 nitrogen and oxygen atoms in total. The van der Waals surface area contributed by atoms with E-state index in [1.165, 1.54) is 55.6 Å². The van der Waals surface area contributed by atoms with Gasteiger partial charge in [-0.15, -0.1) is 0 Å². The zero-order valence-electron chi connectivity index (χ0n) is 28.8. The topological polar surface area (TPSA) is 3.24 Å². The molecule has 1 aliphatic rings. The molecule has 1 aliphatic carbocycles. The van der Waals surface area contributed by atoms with Crippen molar-refractivity contribution >= 4 is 17.1 Å². The molecule has 0 aliphatic heterocycles. The molecule has 1 unspecified atom stereocenters. The maximum atomic E-state index is 4.02. The van der Waals surface area contributed by atoms with Crippen LogP contribution < -0.4 is 4.90 Å². The fourth-order valence-corrected chi connectivity index (χ4v) is 7.88. The van der Waals surface area contributed by atoms with E-state index in [1.54, 1.807) is 0 Å². The monoisotopic (exact) mass is 653 g/mol. The number of benzene rings is 7. The fourth-order valence-electron chi connectivity index (χ4n) is 7.88. The molecule has 7 aromatic rings. The van der Waals surface area contributed by atoms with Crippen molar-refractivity contribution < 1.29 is 0 Å². The predicted octanol–water partition coefficient (Wildman–Crippen LogP) is 13.5. The fraction of sp³-hybridized carbons (Fsp3) is 0.0400. The van der Waals surface area contributed by atoms with Crippen molar-refractivity contribution in [3.05, 3.63) is 235 Å². The van der Waals surface area contributed by atoms with Crippen molar-refractivity contribution in [2.45, 2.75) is 12.3 Å². The summed E-state index contributed by atoms with van der Waals surface area (Å²) in [4.78, 5) is 2.42. The average molecular weight is 654 g/mol. The molecule has 7 aromatic carbocycles. The molecule has 0 radical (unpaired) electrons. The van der Waals surface area contributed by atoms with Crippen LogP contribution in [0.5, 0.6) is 0 Å². The lowest BCUT2D eigenvalue weighted by Gasteiger charge is -2.36. The molecule has 0 saturated heterocycles. The summed E-state index contributed by atoms with van der Waals surface area (Å²) in [5.74, 6) is 0. The van der Waals surface area contributed by atoms with Crippen LogP contribution in [-0.4, -0.2) is 0 Å². The first kappa shape index (κ1) is 31.8. The third kappa shape index (κ3) is 5.54. The predicted molar refractivity (Wildman–Crippen MR) is 217 cm³/mol. The number of nitrogens with zero attached hydrogens (tertiary/aromatic N) is 1. The lowest BCUT2D eigenvalue weighted by molar-refractivity contribution is 0.765. The molecular weight excluding hydrogens is 615 g/mol. The van der Waals surface area contributed by atoms with Crippen molar-refractivity contribution in [1.82, 2.24) is 0 Å². The zero-order valence-corrected chi connectivity index (χ0v) is 28.8. The SMILES string of the molecule is C=C/C=C\C(=C/C)C1(c2ccccc2)c2ccccc2-c2ccc(N(c3ccc(-c4ccccc4)cc3)c3ccccc3-c3ccccc3)cc21. The van der Waals surface area contributed by atoms with Gasteiger partial charge in [-0.1, -0.05) is 183 Å². The van der Waals surface area contributed by atoms with E-state index < -0.39 is 5.41 Å². The Balaban J connectivity index is 1.40. The van der Waals surface area contributed by atoms with E-state index in [0.717, 1.165) is 17.1 Å². The molecule has 0 amide bonds. The lowest BCUT2D eigenvalue weighted by atomic mass is 9.67. The second-order valence-electron chi connectivity index (χ2n) is 12.9. The standard InChI is InChI=1S/C50H39N/c1-3-5-23-40(4-2)50(41-24-13-8-14-25-41)47-28-17-15-27-45(47)46-35-34-43(36-48(46)50)51(42-32-30-38(31-33-42)37-19-9-6-10-20-37)49-29-18-16-26-44(49)39-21-11-7-12-22-39/h3-36H,1H2,2H3/b23-5-,40-4+. The van der Waals surface area contributed by atoms with Crippen LogP contribution in [-0.2, 0) is 5.41 Å². The molecule has 1 atom stereocenters. The van der Waals surface area contributed by atoms with Crippen molar-refractivity contribution in [2.24, 2.45) is 0 Å². The molecule has 244 valence electrons. The molecular formula is C50H39N. The Morgan fingerprint density at radius 2 is 1.06 bits per heavy atom. The molecule has 8 rings (SSSR count). The molecule has 0 bridgehead atoms. The second kappa shape index (κ2) is 13.8. The quantitative estimate of drug-likeness (QED) is 0.140. The first-order chi connectivity index (χ1) is 25.2. The first-order valence-electron chi connectivity index (χ1n) is 17.6. The van der Waals surface area contributed by atoms with E-state index in [0.29, 0.717) is 0 Å². The summed E-state index contributed by atoms with van der Waals surface area (Å²) in [6.07, 6.45) is 8.41. The van der Waals surface area contributed by atoms with E-state index in [1.807, 2.05) is 6.08 Å². The summed E-state index contributed by atoms with van der Waals surface area (Å²) in [5.41, 5.74) is 15.0. The van der Waals surface area contributed by atoms with Gasteiger partial charge in [-0.05, 0) is 87.3 Å². The molecule has 51 heavy (non-hydrogen) atoms. The highest BCUT2D eigenvalue weighted by molar-refractivity contribution is 5.92. The molecule has 0 heterocycles. The average Bonchev–Trinajstić information content (AvgIpc) is 3.50. The van der Waals surface area contributed by atoms with E-state index in [9.17, 15) is 0 Å². The Morgan fingerprint density at radius 1 is 0.510 bits per heavy atom. The summed E-state index contributed by atoms with van der Waals surface area (Å²) in [7, 11) is 0. The van der Waals surface area contributed by atoms with Gasteiger partial charge in [0, 0.05) is 16.9 Å². The third-order valence-corrected chi connectivity index (χ3v) is 10.1. The van der Waals surface area contributed by atoms with Crippen molar-refractivity contribution in [2.75, 3.05) is 4.90 Å². The number of hydrogen-bond acceptors (Lipinski definition) is 1. The summed E-state index contributed by atoms with van der Waals surface area (Å²) < 4.78 is 0. The normalized spacial score (nSPS) is 15.0. The highest BCUT2D eigenvalue weighted by Crippen LogP contribution is 2.58. The maximum absolute atomic E-state index is 4.02. The van der Waals surface area contributed by atoms with E-state index in [-0.39, 0.29) is 0 Å². The Bertz CT molecular complexity index is 2370. The maximum Gasteiger partial charge on any atom is 0.0711 e. The number of fused-ring (bicyclic) bond motifs is 3. The second-order valence-corrected chi connectivity index (χ2v) is 12.9. The van der Waals surface area contributed by atoms with Crippen molar-refractivity contribution in [1.29, 1.82) is 0 Å². The van der Waals surface area contributed by atoms with Crippen LogP contribution in [0.25, 0.3) is 33.4 Å². The summed E-state index contributed by atoms with van der Waals surface area (Å²) in [6.45, 7) is 6.17. The number of hydrogen-bond donors (Lipinski definition) is 0. The Hall–Kier alpha value is -6.44. The minimum absolute atomic E-state index is 0.529. The van der Waals surface area contributed by atoms with Gasteiger partial charge < -0.3 is 4.90 Å². The summed E-state index contributed by atoms with van der Waals surface area (Å²) in [6, 6.07) is 65.9. The van der Waals surface area contributed by atoms with Crippen molar-refractivity contribution in [3.63, 3.8) is 0 Å². The van der Waals surface area contributed by atoms with E-state index in [4.69, 9.17) is 0 Å². The number of anilines is 3. The van der Waals surface area contributed by atoms with E-state index in [2.05, 4.69) is 219 Å². The Kier molecular flexibility index (Phi) is 8.62. The van der Waals surface area contributed by atoms with Crippen LogP contribution in [0.4, 0.5) is 17.1 Å². The summed E-state index contributed by atoms with van der Waals surface area (Å²) in [5, 5.41) is 0. The molecule has 0 fully saturated rings. The van der Waals surface area contributed by atoms with Gasteiger partial charge in [-0.2, -0.15) is 0 Å². The van der Waals surface area contributed by atoms with Gasteiger partial charge in [0.2, 0.25) is 0 Å². The smallest absolute Gasteiger partial charge is 0.0711 e. The van der Waals surface area contributed by atoms with Crippen LogP contribution in [0, 0.1) is 0 Å². The van der Waals surface area contributed by atoms with Crippen LogP contribution in [0.3, 0.4) is 0 Å². The number of para-hydroxylation sites is 1. The Morgan fingerprint density at radius 3 is 1.75 bits per heavy atom. The van der Waals surface area contributed by atoms with Gasteiger partial charge in [-0.3, -0.25) is 0 Å². The minimum atomic E-state index is -0.529. The molecule has 1 heteroatoms. The van der Waals surface area contributed by atoms with Crippen LogP contribution in [0.1, 0.15) is 23.6 Å². The number of rotatable bonds is 9. The molecule has 0 saturated carbocycles. The van der Waals surface area contributed by atoms with Crippen LogP contribution >= 0.6 is 0 Å². The van der Waals surface area contributed by atoms with Gasteiger partial charge in [-0.25, -0.2) is 0 Å². The lowest BCUT2D eigenvalue weighted by Crippen LogP contribution is -2.29. The molecule has 0 N–H and O–H groups in total. The highest BCUT2D eigenvalue weighted by Gasteiger charge is 2.46. The molecule has 0 spiro atoms. The molecule has 0 aromatic heterocycles. The van der Waals surface area contributed by atoms with Gasteiger partial charge in [0.15, 0.2) is 0 Å². The van der Waals surface area contributed by atoms with Gasteiger partial charge >= 0.3 is 0 Å². The van der Waals surface area contributed by atoms with Gasteiger partial charge in [0.05, 0.1) is 11.1 Å². The zero-order chi connectivity index (χ0) is 34.6. The number of allylic oxidation sites excluding steroid dienone is 5. The van der Waals surface area contributed by atoms with Crippen molar-refractivity contribution in [3.8, 4) is 33.4 Å². The first-order valence-corrected chi connectivity index (χ1v) is 17.6. The van der Waals surface area contributed by atoms with Gasteiger partial charge in [0.1, 0.15) is 0 Å². The van der Waals surface area contributed by atoms with Crippen LogP contribution in [0.2, 0.25) is 0 Å². The minimum Gasteiger partial charge on any atom is -0.310 e. The Labute approximate surface area is 301 Å². The van der Waals surface area contributed by atoms with Crippen LogP contribution in [0.15, 0.2) is 218 Å². The van der Waals surface area contributed by atoms with E-state index >= 15 is 0 Å². The summed E-state index contributed by atoms with van der Waals surface area (Å²) >= 11 is 0. The van der Waals surface area contributed by atoms with Gasteiger partial charge in [0.25, 0.3) is 0 Å². The largest absolute Gasteiger partial charge is 0.310 e. The third-order valence-electron chi connectivity index (χ3n) is 10.1.